The van der Waals surface area contributed by atoms with E-state index in [1.54, 1.807) is 23.9 Å². The fourth-order valence-corrected chi connectivity index (χ4v) is 4.23. The molecular weight excluding hydrogens is 429 g/mol. The zero-order valence-corrected chi connectivity index (χ0v) is 18.6. The van der Waals surface area contributed by atoms with E-state index in [4.69, 9.17) is 11.6 Å². The van der Waals surface area contributed by atoms with E-state index in [0.717, 1.165) is 33.4 Å². The molecule has 156 valence electrons. The Morgan fingerprint density at radius 3 is 2.61 bits per heavy atom. The summed E-state index contributed by atoms with van der Waals surface area (Å²) in [6.07, 6.45) is 6.27. The van der Waals surface area contributed by atoms with E-state index in [0.29, 0.717) is 11.6 Å². The predicted molar refractivity (Wildman–Crippen MR) is 128 cm³/mol. The summed E-state index contributed by atoms with van der Waals surface area (Å²) in [6.45, 7) is 0.396. The number of fused-ring (bicyclic) bond motifs is 1. The molecule has 0 bridgehead atoms. The molecule has 1 amide bonds. The SMILES string of the molecule is CSc1ccc(/C=C2\C=C(CC(=O)NCc3cccc(Cl)c3)c3cc(F)ccc32)cc1. The van der Waals surface area contributed by atoms with Gasteiger partial charge in [0.15, 0.2) is 0 Å². The summed E-state index contributed by atoms with van der Waals surface area (Å²) >= 11 is 7.70. The lowest BCUT2D eigenvalue weighted by Crippen LogP contribution is -2.22. The molecule has 3 aromatic carbocycles. The third-order valence-electron chi connectivity index (χ3n) is 5.14. The number of thioether (sulfide) groups is 1. The molecule has 0 fully saturated rings. The Morgan fingerprint density at radius 2 is 1.87 bits per heavy atom. The third kappa shape index (κ3) is 5.27. The highest BCUT2D eigenvalue weighted by Gasteiger charge is 2.21. The maximum atomic E-state index is 14.0. The number of nitrogens with one attached hydrogen (secondary N) is 1. The smallest absolute Gasteiger partial charge is 0.224 e. The van der Waals surface area contributed by atoms with Crippen molar-refractivity contribution in [2.45, 2.75) is 17.9 Å². The van der Waals surface area contributed by atoms with Crippen molar-refractivity contribution < 1.29 is 9.18 Å². The standard InChI is InChI=1S/C26H21ClFNOS/c1-31-23-8-5-17(6-9-23)11-19-13-20(25-15-22(28)7-10-24(19)25)14-26(30)29-16-18-3-2-4-21(27)12-18/h2-13,15H,14,16H2,1H3,(H,29,30)/b19-11+. The minimum Gasteiger partial charge on any atom is -0.352 e. The Kier molecular flexibility index (Phi) is 6.59. The summed E-state index contributed by atoms with van der Waals surface area (Å²) in [7, 11) is 0. The first-order valence-electron chi connectivity index (χ1n) is 9.89. The van der Waals surface area contributed by atoms with Gasteiger partial charge in [0.05, 0.1) is 6.42 Å². The highest BCUT2D eigenvalue weighted by molar-refractivity contribution is 7.98. The van der Waals surface area contributed by atoms with Crippen LogP contribution in [0.1, 0.15) is 28.7 Å². The van der Waals surface area contributed by atoms with Crippen molar-refractivity contribution in [3.63, 3.8) is 0 Å². The maximum absolute atomic E-state index is 14.0. The van der Waals surface area contributed by atoms with Gasteiger partial charge in [-0.25, -0.2) is 4.39 Å². The average Bonchev–Trinajstić information content (AvgIpc) is 3.09. The van der Waals surface area contributed by atoms with Crippen molar-refractivity contribution in [3.05, 3.63) is 106 Å². The van der Waals surface area contributed by atoms with Crippen LogP contribution in [0.4, 0.5) is 4.39 Å². The molecule has 5 heteroatoms. The molecule has 4 rings (SSSR count). The van der Waals surface area contributed by atoms with Crippen LogP contribution in [0.5, 0.6) is 0 Å². The fraction of sp³-hybridized carbons (Fsp3) is 0.115. The van der Waals surface area contributed by atoms with E-state index >= 15 is 0 Å². The van der Waals surface area contributed by atoms with Gasteiger partial charge in [-0.2, -0.15) is 0 Å². The van der Waals surface area contributed by atoms with Crippen molar-refractivity contribution in [3.8, 4) is 0 Å². The summed E-state index contributed by atoms with van der Waals surface area (Å²) in [5, 5.41) is 3.56. The van der Waals surface area contributed by atoms with Gasteiger partial charge in [0.2, 0.25) is 5.91 Å². The highest BCUT2D eigenvalue weighted by Crippen LogP contribution is 2.38. The Hall–Kier alpha value is -2.82. The van der Waals surface area contributed by atoms with E-state index in [-0.39, 0.29) is 18.1 Å². The van der Waals surface area contributed by atoms with Gasteiger partial charge in [-0.05, 0) is 88.2 Å². The molecule has 0 saturated heterocycles. The molecule has 2 nitrogen and oxygen atoms in total. The van der Waals surface area contributed by atoms with Gasteiger partial charge in [0.1, 0.15) is 5.82 Å². The van der Waals surface area contributed by atoms with E-state index in [2.05, 4.69) is 35.7 Å². The number of carbonyl (C=O) groups is 1. The number of halogens is 2. The van der Waals surface area contributed by atoms with Crippen molar-refractivity contribution >= 4 is 46.5 Å². The maximum Gasteiger partial charge on any atom is 0.224 e. The van der Waals surface area contributed by atoms with Crippen molar-refractivity contribution in [1.82, 2.24) is 5.32 Å². The monoisotopic (exact) mass is 449 g/mol. The second-order valence-electron chi connectivity index (χ2n) is 7.32. The molecule has 0 unspecified atom stereocenters. The number of carbonyl (C=O) groups excluding carboxylic acids is 1. The number of hydrogen-bond acceptors (Lipinski definition) is 2. The molecule has 0 atom stereocenters. The van der Waals surface area contributed by atoms with Crippen LogP contribution in [-0.2, 0) is 11.3 Å². The van der Waals surface area contributed by atoms with Crippen molar-refractivity contribution in [1.29, 1.82) is 0 Å². The zero-order chi connectivity index (χ0) is 21.8. The van der Waals surface area contributed by atoms with Gasteiger partial charge in [-0.1, -0.05) is 41.9 Å². The number of hydrogen-bond donors (Lipinski definition) is 1. The summed E-state index contributed by atoms with van der Waals surface area (Å²) in [5.41, 5.74) is 5.49. The summed E-state index contributed by atoms with van der Waals surface area (Å²) < 4.78 is 14.0. The van der Waals surface area contributed by atoms with Crippen LogP contribution in [0.3, 0.4) is 0 Å². The predicted octanol–water partition coefficient (Wildman–Crippen LogP) is 6.85. The molecule has 0 heterocycles. The molecule has 0 aliphatic heterocycles. The molecule has 3 aromatic rings. The molecule has 31 heavy (non-hydrogen) atoms. The van der Waals surface area contributed by atoms with E-state index in [1.807, 2.05) is 30.5 Å². The van der Waals surface area contributed by atoms with Crippen molar-refractivity contribution in [2.24, 2.45) is 0 Å². The normalized spacial score (nSPS) is 13.8. The van der Waals surface area contributed by atoms with Gasteiger partial charge < -0.3 is 5.32 Å². The van der Waals surface area contributed by atoms with E-state index in [9.17, 15) is 9.18 Å². The molecular formula is C26H21ClFNOS. The lowest BCUT2D eigenvalue weighted by atomic mass is 10.0. The molecule has 0 spiro atoms. The van der Waals surface area contributed by atoms with E-state index in [1.165, 1.54) is 17.0 Å². The minimum atomic E-state index is -0.311. The lowest BCUT2D eigenvalue weighted by Gasteiger charge is -2.08. The fourth-order valence-electron chi connectivity index (χ4n) is 3.61. The Labute approximate surface area is 190 Å². The van der Waals surface area contributed by atoms with Gasteiger partial charge in [-0.15, -0.1) is 11.8 Å². The number of benzene rings is 3. The van der Waals surface area contributed by atoms with Crippen LogP contribution < -0.4 is 5.32 Å². The van der Waals surface area contributed by atoms with Crippen LogP contribution in [0.2, 0.25) is 5.02 Å². The largest absolute Gasteiger partial charge is 0.352 e. The highest BCUT2D eigenvalue weighted by atomic mass is 35.5. The summed E-state index contributed by atoms with van der Waals surface area (Å²) in [6, 6.07) is 20.4. The van der Waals surface area contributed by atoms with Gasteiger partial charge in [-0.3, -0.25) is 4.79 Å². The van der Waals surface area contributed by atoms with Crippen molar-refractivity contribution in [2.75, 3.05) is 6.26 Å². The van der Waals surface area contributed by atoms with Gasteiger partial charge in [0.25, 0.3) is 0 Å². The summed E-state index contributed by atoms with van der Waals surface area (Å²) in [4.78, 5) is 13.8. The number of rotatable bonds is 6. The zero-order valence-electron chi connectivity index (χ0n) is 17.0. The summed E-state index contributed by atoms with van der Waals surface area (Å²) in [5.74, 6) is -0.429. The molecule has 1 aliphatic rings. The van der Waals surface area contributed by atoms with Crippen LogP contribution in [-0.4, -0.2) is 12.2 Å². The number of amides is 1. The second kappa shape index (κ2) is 9.54. The van der Waals surface area contributed by atoms with Crippen LogP contribution in [0, 0.1) is 5.82 Å². The number of allylic oxidation sites excluding steroid dienone is 2. The van der Waals surface area contributed by atoms with Gasteiger partial charge >= 0.3 is 0 Å². The topological polar surface area (TPSA) is 29.1 Å². The first-order chi connectivity index (χ1) is 15.0. The van der Waals surface area contributed by atoms with Crippen LogP contribution in [0.25, 0.3) is 17.2 Å². The average molecular weight is 450 g/mol. The molecule has 1 N–H and O–H groups in total. The quantitative estimate of drug-likeness (QED) is 0.417. The van der Waals surface area contributed by atoms with Crippen LogP contribution in [0.15, 0.2) is 77.7 Å². The first-order valence-corrected chi connectivity index (χ1v) is 11.5. The van der Waals surface area contributed by atoms with E-state index < -0.39 is 0 Å². The third-order valence-corrected chi connectivity index (χ3v) is 6.11. The molecule has 1 aliphatic carbocycles. The molecule has 0 radical (unpaired) electrons. The Balaban J connectivity index is 1.54. The van der Waals surface area contributed by atoms with Gasteiger partial charge in [0, 0.05) is 16.5 Å². The second-order valence-corrected chi connectivity index (χ2v) is 8.63. The molecule has 0 aromatic heterocycles. The Bertz CT molecular complexity index is 1180. The minimum absolute atomic E-state index is 0.119. The molecule has 0 saturated carbocycles. The first kappa shape index (κ1) is 21.4. The lowest BCUT2D eigenvalue weighted by molar-refractivity contribution is -0.120. The van der Waals surface area contributed by atoms with Crippen LogP contribution >= 0.6 is 23.4 Å². The Morgan fingerprint density at radius 1 is 1.06 bits per heavy atom.